The molecule has 3 saturated heterocycles. The van der Waals surface area contributed by atoms with Crippen molar-refractivity contribution < 1.29 is 14.3 Å². The Morgan fingerprint density at radius 2 is 2.16 bits per heavy atom. The summed E-state index contributed by atoms with van der Waals surface area (Å²) in [7, 11) is 0. The van der Waals surface area contributed by atoms with Gasteiger partial charge in [0.2, 0.25) is 5.91 Å². The van der Waals surface area contributed by atoms with Crippen molar-refractivity contribution >= 4 is 56.6 Å². The lowest BCUT2D eigenvalue weighted by molar-refractivity contribution is -0.140. The first-order valence-corrected chi connectivity index (χ1v) is 15.0. The van der Waals surface area contributed by atoms with Crippen LogP contribution in [0.2, 0.25) is 0 Å². The number of anilines is 2. The van der Waals surface area contributed by atoms with Crippen LogP contribution in [0.4, 0.5) is 11.5 Å². The molecule has 196 valence electrons. The molecular formula is C26H26N6O4S2. The van der Waals surface area contributed by atoms with Gasteiger partial charge in [-0.25, -0.2) is 9.97 Å². The zero-order chi connectivity index (χ0) is 25.8. The van der Waals surface area contributed by atoms with Gasteiger partial charge in [-0.3, -0.25) is 19.0 Å². The number of rotatable bonds is 3. The number of hydrogen-bond acceptors (Lipinski definition) is 9. The second-order valence-electron chi connectivity index (χ2n) is 11.0. The molecule has 0 aromatic carbocycles. The van der Waals surface area contributed by atoms with Gasteiger partial charge < -0.3 is 20.3 Å². The average Bonchev–Trinajstić information content (AvgIpc) is 3.66. The first kappa shape index (κ1) is 23.0. The van der Waals surface area contributed by atoms with Crippen LogP contribution in [-0.2, 0) is 28.0 Å². The molecule has 1 aliphatic carbocycles. The molecule has 12 heteroatoms. The molecular weight excluding hydrogens is 524 g/mol. The Hall–Kier alpha value is -2.96. The Bertz CT molecular complexity index is 1610. The number of aromatic nitrogens is 3. The number of morpholine rings is 1. The predicted octanol–water partition coefficient (Wildman–Crippen LogP) is 2.15. The normalized spacial score (nSPS) is 26.4. The Balaban J connectivity index is 1.13. The van der Waals surface area contributed by atoms with Crippen molar-refractivity contribution in [1.82, 2.24) is 24.8 Å². The van der Waals surface area contributed by atoms with Crippen molar-refractivity contribution in [2.75, 3.05) is 30.0 Å². The van der Waals surface area contributed by atoms with Crippen LogP contribution in [-0.4, -0.2) is 68.1 Å². The summed E-state index contributed by atoms with van der Waals surface area (Å²) in [5, 5.41) is 7.26. The maximum Gasteiger partial charge on any atom is 0.276 e. The summed E-state index contributed by atoms with van der Waals surface area (Å²) in [6, 6.07) is 1.98. The number of likely N-dealkylation sites (tertiary alicyclic amines) is 1. The van der Waals surface area contributed by atoms with E-state index in [2.05, 4.69) is 20.6 Å². The van der Waals surface area contributed by atoms with Crippen molar-refractivity contribution in [2.24, 2.45) is 5.92 Å². The first-order valence-electron chi connectivity index (χ1n) is 13.0. The van der Waals surface area contributed by atoms with Crippen molar-refractivity contribution in [3.63, 3.8) is 0 Å². The van der Waals surface area contributed by atoms with Crippen molar-refractivity contribution in [3.05, 3.63) is 44.4 Å². The van der Waals surface area contributed by atoms with Crippen molar-refractivity contribution in [1.29, 1.82) is 0 Å². The third-order valence-electron chi connectivity index (χ3n) is 8.69. The highest BCUT2D eigenvalue weighted by Crippen LogP contribution is 2.42. The highest BCUT2D eigenvalue weighted by molar-refractivity contribution is 8.00. The standard InChI is InChI=1S/C26H26N6O4S2/c1-12-4-17(25(35)32-20(12)22(33)30-26(32)9-37-10-26)29-21-19-16-3-2-13(5-18(16)38-23(19)28-11-27-21)24(34)31-7-15-6-14(31)8-36-15/h4,11,13-15H,2-3,5-10H2,1H3,(H,30,33)(H,27,28,29)/t13-,14+,15+/m0/s1. The van der Waals surface area contributed by atoms with Crippen LogP contribution in [0.3, 0.4) is 0 Å². The maximum absolute atomic E-state index is 13.6. The number of amides is 2. The molecule has 3 aromatic heterocycles. The van der Waals surface area contributed by atoms with Gasteiger partial charge in [0, 0.05) is 28.8 Å². The van der Waals surface area contributed by atoms with Crippen molar-refractivity contribution in [3.8, 4) is 0 Å². The van der Waals surface area contributed by atoms with E-state index in [0.717, 1.165) is 41.6 Å². The zero-order valence-corrected chi connectivity index (χ0v) is 22.4. The summed E-state index contributed by atoms with van der Waals surface area (Å²) in [5.74, 6) is 1.98. The first-order chi connectivity index (χ1) is 18.4. The summed E-state index contributed by atoms with van der Waals surface area (Å²) < 4.78 is 7.32. The van der Waals surface area contributed by atoms with Gasteiger partial charge in [0.1, 0.15) is 34.0 Å². The van der Waals surface area contributed by atoms with Crippen LogP contribution in [0.15, 0.2) is 17.2 Å². The highest BCUT2D eigenvalue weighted by atomic mass is 32.2. The molecule has 8 rings (SSSR count). The maximum atomic E-state index is 13.6. The number of hydrogen-bond donors (Lipinski definition) is 2. The van der Waals surface area contributed by atoms with Gasteiger partial charge in [0.25, 0.3) is 11.5 Å². The molecule has 0 saturated carbocycles. The van der Waals surface area contributed by atoms with E-state index >= 15 is 0 Å². The summed E-state index contributed by atoms with van der Waals surface area (Å²) in [6.45, 7) is 3.24. The van der Waals surface area contributed by atoms with Gasteiger partial charge in [-0.15, -0.1) is 11.3 Å². The molecule has 1 spiro atoms. The molecule has 2 amide bonds. The Morgan fingerprint density at radius 1 is 1.29 bits per heavy atom. The van der Waals surface area contributed by atoms with E-state index in [4.69, 9.17) is 4.74 Å². The van der Waals surface area contributed by atoms with Gasteiger partial charge in [-0.05, 0) is 49.8 Å². The summed E-state index contributed by atoms with van der Waals surface area (Å²) in [4.78, 5) is 52.8. The van der Waals surface area contributed by atoms with E-state index in [9.17, 15) is 14.4 Å². The number of nitrogens with one attached hydrogen (secondary N) is 2. The Morgan fingerprint density at radius 3 is 2.89 bits per heavy atom. The van der Waals surface area contributed by atoms with E-state index in [1.165, 1.54) is 16.8 Å². The quantitative estimate of drug-likeness (QED) is 0.510. The van der Waals surface area contributed by atoms with Crippen LogP contribution in [0.5, 0.6) is 0 Å². The molecule has 38 heavy (non-hydrogen) atoms. The molecule has 3 aromatic rings. The number of carbonyl (C=O) groups is 2. The highest BCUT2D eigenvalue weighted by Gasteiger charge is 2.50. The number of thioether (sulfide) groups is 1. The monoisotopic (exact) mass is 550 g/mol. The molecule has 2 bridgehead atoms. The van der Waals surface area contributed by atoms with Gasteiger partial charge in [0.05, 0.1) is 24.1 Å². The largest absolute Gasteiger partial charge is 0.374 e. The molecule has 3 fully saturated rings. The molecule has 0 unspecified atom stereocenters. The second-order valence-corrected chi connectivity index (χ2v) is 13.1. The van der Waals surface area contributed by atoms with Crippen LogP contribution in [0.1, 0.15) is 39.3 Å². The number of pyridine rings is 1. The predicted molar refractivity (Wildman–Crippen MR) is 144 cm³/mol. The molecule has 3 atom stereocenters. The van der Waals surface area contributed by atoms with E-state index < -0.39 is 5.66 Å². The number of thiophene rings is 1. The SMILES string of the molecule is Cc1cc(Nc2ncnc3sc4c(c23)CC[C@H](C(=O)N2C[C@H]3C[C@@H]2CO3)C4)c(=O)n2c1C(=O)NC21CSC1. The Kier molecular flexibility index (Phi) is 4.85. The average molecular weight is 551 g/mol. The summed E-state index contributed by atoms with van der Waals surface area (Å²) in [5.41, 5.74) is 1.89. The molecule has 5 aliphatic rings. The van der Waals surface area contributed by atoms with Crippen molar-refractivity contribution in [2.45, 2.75) is 50.4 Å². The minimum atomic E-state index is -0.637. The van der Waals surface area contributed by atoms with Crippen LogP contribution >= 0.6 is 23.1 Å². The van der Waals surface area contributed by atoms with Gasteiger partial charge in [-0.2, -0.15) is 11.8 Å². The smallest absolute Gasteiger partial charge is 0.276 e. The van der Waals surface area contributed by atoms with E-state index in [1.54, 1.807) is 33.7 Å². The number of aryl methyl sites for hydroxylation is 2. The lowest BCUT2D eigenvalue weighted by Crippen LogP contribution is -2.57. The minimum absolute atomic E-state index is 0.0233. The molecule has 0 radical (unpaired) electrons. The summed E-state index contributed by atoms with van der Waals surface area (Å²) in [6.07, 6.45) is 4.95. The van der Waals surface area contributed by atoms with E-state index in [0.29, 0.717) is 41.7 Å². The third-order valence-corrected chi connectivity index (χ3v) is 11.2. The third kappa shape index (κ3) is 3.13. The molecule has 10 nitrogen and oxygen atoms in total. The summed E-state index contributed by atoms with van der Waals surface area (Å²) >= 11 is 3.32. The topological polar surface area (TPSA) is 118 Å². The van der Waals surface area contributed by atoms with Gasteiger partial charge in [0.15, 0.2) is 0 Å². The lowest BCUT2D eigenvalue weighted by Gasteiger charge is -2.38. The fraction of sp³-hybridized carbons (Fsp3) is 0.500. The van der Waals surface area contributed by atoms with Crippen LogP contribution < -0.4 is 16.2 Å². The van der Waals surface area contributed by atoms with E-state index in [1.807, 2.05) is 11.8 Å². The molecule has 4 aliphatic heterocycles. The molecule has 7 heterocycles. The number of ether oxygens (including phenoxy) is 1. The fourth-order valence-electron chi connectivity index (χ4n) is 6.79. The number of nitrogens with zero attached hydrogens (tertiary/aromatic N) is 4. The van der Waals surface area contributed by atoms with E-state index in [-0.39, 0.29) is 35.4 Å². The Labute approximate surface area is 226 Å². The van der Waals surface area contributed by atoms with Gasteiger partial charge >= 0.3 is 0 Å². The van der Waals surface area contributed by atoms with Gasteiger partial charge in [-0.1, -0.05) is 0 Å². The minimum Gasteiger partial charge on any atom is -0.374 e. The van der Waals surface area contributed by atoms with Crippen LogP contribution in [0.25, 0.3) is 10.2 Å². The lowest BCUT2D eigenvalue weighted by atomic mass is 9.86. The zero-order valence-electron chi connectivity index (χ0n) is 20.8. The fourth-order valence-corrected chi connectivity index (χ4v) is 9.05. The number of fused-ring (bicyclic) bond motifs is 7. The second kappa shape index (κ2) is 8.03. The van der Waals surface area contributed by atoms with Crippen LogP contribution in [0, 0.1) is 12.8 Å². The number of carbonyl (C=O) groups excluding carboxylic acids is 2. The molecule has 2 N–H and O–H groups in total.